The van der Waals surface area contributed by atoms with Gasteiger partial charge >= 0.3 is 0 Å². The third-order valence-corrected chi connectivity index (χ3v) is 3.49. The lowest BCUT2D eigenvalue weighted by molar-refractivity contribution is 0.0955. The number of carbonyl (C=O) groups excluding carboxylic acids is 1. The highest BCUT2D eigenvalue weighted by Crippen LogP contribution is 2.18. The monoisotopic (exact) mass is 257 g/mol. The summed E-state index contributed by atoms with van der Waals surface area (Å²) in [5.74, 6) is 4.92. The number of carbonyl (C=O) groups is 1. The van der Waals surface area contributed by atoms with Gasteiger partial charge < -0.3 is 4.74 Å². The quantitative estimate of drug-likeness (QED) is 0.431. The first-order chi connectivity index (χ1) is 8.22. The number of methoxy groups -OCH3 is 1. The third-order valence-electron chi connectivity index (χ3n) is 2.54. The number of rotatable bonds is 7. The first-order valence-corrected chi connectivity index (χ1v) is 6.39. The van der Waals surface area contributed by atoms with E-state index in [4.69, 9.17) is 10.6 Å². The summed E-state index contributed by atoms with van der Waals surface area (Å²) in [7, 11) is 1.69. The minimum Gasteiger partial charge on any atom is -0.383 e. The van der Waals surface area contributed by atoms with Gasteiger partial charge in [-0.2, -0.15) is 0 Å². The summed E-state index contributed by atoms with van der Waals surface area (Å²) in [4.78, 5) is 14.4. The molecule has 0 atom stereocenters. The van der Waals surface area contributed by atoms with Crippen LogP contribution in [0.1, 0.15) is 22.2 Å². The molecule has 1 rings (SSSR count). The lowest BCUT2D eigenvalue weighted by Gasteiger charge is -2.19. The highest BCUT2D eigenvalue weighted by molar-refractivity contribution is 7.12. The molecule has 0 aliphatic rings. The molecule has 0 aliphatic heterocycles. The average Bonchev–Trinajstić information content (AvgIpc) is 2.81. The molecule has 0 saturated carbocycles. The van der Waals surface area contributed by atoms with Crippen molar-refractivity contribution >= 4 is 17.2 Å². The Labute approximate surface area is 106 Å². The van der Waals surface area contributed by atoms with E-state index in [-0.39, 0.29) is 5.91 Å². The van der Waals surface area contributed by atoms with Crippen LogP contribution < -0.4 is 11.3 Å². The summed E-state index contributed by atoms with van der Waals surface area (Å²) < 4.78 is 5.05. The topological polar surface area (TPSA) is 67.6 Å². The standard InChI is InChI=1S/C11H19N3O2S/c1-3-14(5-6-16-2)8-9-4-7-17-10(9)11(15)13-12/h4,7H,3,5-6,8,12H2,1-2H3,(H,13,15). The fourth-order valence-corrected chi connectivity index (χ4v) is 2.35. The maximum absolute atomic E-state index is 11.5. The van der Waals surface area contributed by atoms with Gasteiger partial charge in [0, 0.05) is 20.2 Å². The summed E-state index contributed by atoms with van der Waals surface area (Å²) in [6, 6.07) is 1.96. The predicted molar refractivity (Wildman–Crippen MR) is 68.8 cm³/mol. The number of nitrogens with one attached hydrogen (secondary N) is 1. The van der Waals surface area contributed by atoms with Crippen molar-refractivity contribution in [3.8, 4) is 0 Å². The van der Waals surface area contributed by atoms with Gasteiger partial charge in [-0.15, -0.1) is 11.3 Å². The smallest absolute Gasteiger partial charge is 0.275 e. The molecule has 5 nitrogen and oxygen atoms in total. The SMILES string of the molecule is CCN(CCOC)Cc1ccsc1C(=O)NN. The van der Waals surface area contributed by atoms with Crippen molar-refractivity contribution in [2.75, 3.05) is 26.8 Å². The lowest BCUT2D eigenvalue weighted by atomic mass is 10.2. The molecule has 6 heteroatoms. The van der Waals surface area contributed by atoms with E-state index in [2.05, 4.69) is 17.2 Å². The lowest BCUT2D eigenvalue weighted by Crippen LogP contribution is -2.31. The van der Waals surface area contributed by atoms with Crippen LogP contribution in [0.3, 0.4) is 0 Å². The molecule has 0 unspecified atom stereocenters. The van der Waals surface area contributed by atoms with E-state index in [1.165, 1.54) is 11.3 Å². The van der Waals surface area contributed by atoms with E-state index in [0.717, 1.165) is 25.2 Å². The second-order valence-corrected chi connectivity index (χ2v) is 4.53. The van der Waals surface area contributed by atoms with Crippen LogP contribution in [0.4, 0.5) is 0 Å². The largest absolute Gasteiger partial charge is 0.383 e. The fraction of sp³-hybridized carbons (Fsp3) is 0.545. The van der Waals surface area contributed by atoms with Crippen LogP contribution >= 0.6 is 11.3 Å². The summed E-state index contributed by atoms with van der Waals surface area (Å²) in [5, 5.41) is 1.91. The Kier molecular flexibility index (Phi) is 6.13. The first kappa shape index (κ1) is 14.1. The number of amides is 1. The van der Waals surface area contributed by atoms with E-state index in [0.29, 0.717) is 11.5 Å². The number of hydrogen-bond acceptors (Lipinski definition) is 5. The van der Waals surface area contributed by atoms with Crippen LogP contribution in [0.15, 0.2) is 11.4 Å². The third kappa shape index (κ3) is 4.08. The van der Waals surface area contributed by atoms with Crippen LogP contribution in [0.25, 0.3) is 0 Å². The number of thiophene rings is 1. The highest BCUT2D eigenvalue weighted by Gasteiger charge is 2.14. The maximum Gasteiger partial charge on any atom is 0.275 e. The van der Waals surface area contributed by atoms with Crippen LogP contribution in [0, 0.1) is 0 Å². The Morgan fingerprint density at radius 1 is 1.65 bits per heavy atom. The number of ether oxygens (including phenoxy) is 1. The Morgan fingerprint density at radius 3 is 3.00 bits per heavy atom. The molecule has 17 heavy (non-hydrogen) atoms. The zero-order chi connectivity index (χ0) is 12.7. The van der Waals surface area contributed by atoms with Crippen molar-refractivity contribution in [3.05, 3.63) is 21.9 Å². The Bertz CT molecular complexity index is 354. The number of hydrogen-bond donors (Lipinski definition) is 2. The van der Waals surface area contributed by atoms with Crippen molar-refractivity contribution in [1.29, 1.82) is 0 Å². The minimum absolute atomic E-state index is 0.224. The van der Waals surface area contributed by atoms with Gasteiger partial charge in [0.25, 0.3) is 5.91 Å². The van der Waals surface area contributed by atoms with E-state index in [9.17, 15) is 4.79 Å². The second kappa shape index (κ2) is 7.39. The average molecular weight is 257 g/mol. The normalized spacial score (nSPS) is 10.8. The van der Waals surface area contributed by atoms with Crippen LogP contribution in [-0.2, 0) is 11.3 Å². The molecule has 0 saturated heterocycles. The van der Waals surface area contributed by atoms with Gasteiger partial charge in [0.2, 0.25) is 0 Å². The molecule has 1 amide bonds. The predicted octanol–water partition coefficient (Wildman–Crippen LogP) is 0.820. The van der Waals surface area contributed by atoms with Gasteiger partial charge in [-0.25, -0.2) is 5.84 Å². The summed E-state index contributed by atoms with van der Waals surface area (Å²) in [6.45, 7) is 5.29. The number of likely N-dealkylation sites (N-methyl/N-ethyl adjacent to an activating group) is 1. The molecule has 1 aromatic rings. The summed E-state index contributed by atoms with van der Waals surface area (Å²) in [6.07, 6.45) is 0. The number of nitrogens with zero attached hydrogens (tertiary/aromatic N) is 1. The summed E-state index contributed by atoms with van der Waals surface area (Å²) in [5.41, 5.74) is 3.18. The van der Waals surface area contributed by atoms with E-state index in [1.807, 2.05) is 11.4 Å². The molecule has 3 N–H and O–H groups in total. The van der Waals surface area contributed by atoms with Gasteiger partial charge in [0.1, 0.15) is 0 Å². The van der Waals surface area contributed by atoms with Crippen LogP contribution in [-0.4, -0.2) is 37.6 Å². The Hall–Kier alpha value is -0.950. The van der Waals surface area contributed by atoms with Gasteiger partial charge in [-0.1, -0.05) is 6.92 Å². The van der Waals surface area contributed by atoms with E-state index < -0.39 is 0 Å². The van der Waals surface area contributed by atoms with Crippen molar-refractivity contribution in [2.24, 2.45) is 5.84 Å². The van der Waals surface area contributed by atoms with E-state index in [1.54, 1.807) is 7.11 Å². The molecular weight excluding hydrogens is 238 g/mol. The van der Waals surface area contributed by atoms with Crippen LogP contribution in [0.2, 0.25) is 0 Å². The molecule has 0 spiro atoms. The van der Waals surface area contributed by atoms with Crippen molar-refractivity contribution in [2.45, 2.75) is 13.5 Å². The van der Waals surface area contributed by atoms with Crippen molar-refractivity contribution in [3.63, 3.8) is 0 Å². The maximum atomic E-state index is 11.5. The first-order valence-electron chi connectivity index (χ1n) is 5.51. The second-order valence-electron chi connectivity index (χ2n) is 3.61. The zero-order valence-corrected chi connectivity index (χ0v) is 11.0. The molecule has 96 valence electrons. The van der Waals surface area contributed by atoms with Crippen molar-refractivity contribution in [1.82, 2.24) is 10.3 Å². The molecule has 0 bridgehead atoms. The van der Waals surface area contributed by atoms with Crippen molar-refractivity contribution < 1.29 is 9.53 Å². The Morgan fingerprint density at radius 2 is 2.41 bits per heavy atom. The zero-order valence-electron chi connectivity index (χ0n) is 10.2. The molecule has 1 aromatic heterocycles. The molecule has 0 radical (unpaired) electrons. The van der Waals surface area contributed by atoms with Gasteiger partial charge in [0.15, 0.2) is 0 Å². The highest BCUT2D eigenvalue weighted by atomic mass is 32.1. The van der Waals surface area contributed by atoms with Crippen LogP contribution in [0.5, 0.6) is 0 Å². The Balaban J connectivity index is 2.66. The molecule has 0 fully saturated rings. The molecular formula is C11H19N3O2S. The number of nitrogens with two attached hydrogens (primary N) is 1. The fourth-order valence-electron chi connectivity index (χ4n) is 1.54. The number of nitrogen functional groups attached to an aromatic ring is 1. The summed E-state index contributed by atoms with van der Waals surface area (Å²) >= 11 is 1.41. The minimum atomic E-state index is -0.224. The van der Waals surface area contributed by atoms with Gasteiger partial charge in [-0.05, 0) is 23.6 Å². The molecule has 1 heterocycles. The van der Waals surface area contributed by atoms with Gasteiger partial charge in [-0.3, -0.25) is 15.1 Å². The molecule has 0 aromatic carbocycles. The number of hydrazine groups is 1. The van der Waals surface area contributed by atoms with E-state index >= 15 is 0 Å². The van der Waals surface area contributed by atoms with Gasteiger partial charge in [0.05, 0.1) is 11.5 Å². The molecule has 0 aliphatic carbocycles.